The van der Waals surface area contributed by atoms with Crippen molar-refractivity contribution in [2.45, 2.75) is 45.9 Å². The normalized spacial score (nSPS) is 12.8. The number of amides is 1. The van der Waals surface area contributed by atoms with E-state index in [0.29, 0.717) is 11.4 Å². The van der Waals surface area contributed by atoms with Crippen LogP contribution < -0.4 is 11.0 Å². The number of nitrogens with one attached hydrogen (secondary N) is 1. The average Bonchev–Trinajstić information content (AvgIpc) is 3.25. The van der Waals surface area contributed by atoms with E-state index in [9.17, 15) is 19.5 Å². The van der Waals surface area contributed by atoms with Crippen molar-refractivity contribution in [1.82, 2.24) is 15.2 Å². The number of carbonyl (C=O) groups excluding carboxylic acids is 2. The summed E-state index contributed by atoms with van der Waals surface area (Å²) in [6.45, 7) is 5.37. The Balaban J connectivity index is 1.79. The van der Waals surface area contributed by atoms with Gasteiger partial charge in [0, 0.05) is 11.6 Å². The molecule has 2 atom stereocenters. The van der Waals surface area contributed by atoms with Crippen molar-refractivity contribution in [3.8, 4) is 11.1 Å². The summed E-state index contributed by atoms with van der Waals surface area (Å²) in [4.78, 5) is 37.0. The van der Waals surface area contributed by atoms with Gasteiger partial charge in [0.1, 0.15) is 0 Å². The van der Waals surface area contributed by atoms with Crippen molar-refractivity contribution in [3.05, 3.63) is 81.3 Å². The zero-order valence-corrected chi connectivity index (χ0v) is 21.2. The van der Waals surface area contributed by atoms with Gasteiger partial charge in [-0.1, -0.05) is 54.9 Å². The van der Waals surface area contributed by atoms with Gasteiger partial charge in [0.05, 0.1) is 25.3 Å². The molecule has 192 valence electrons. The molecule has 0 saturated carbocycles. The summed E-state index contributed by atoms with van der Waals surface area (Å²) >= 11 is 6.09. The highest BCUT2D eigenvalue weighted by molar-refractivity contribution is 6.30. The van der Waals surface area contributed by atoms with Crippen molar-refractivity contribution in [3.63, 3.8) is 0 Å². The highest BCUT2D eigenvalue weighted by atomic mass is 35.5. The molecule has 2 unspecified atom stereocenters. The number of hydrogen-bond acceptors (Lipinski definition) is 7. The summed E-state index contributed by atoms with van der Waals surface area (Å²) in [6, 6.07) is 15.9. The van der Waals surface area contributed by atoms with Crippen molar-refractivity contribution in [2.24, 2.45) is 0 Å². The second kappa shape index (κ2) is 12.5. The van der Waals surface area contributed by atoms with Crippen LogP contribution in [-0.4, -0.2) is 46.0 Å². The third-order valence-corrected chi connectivity index (χ3v) is 5.82. The van der Waals surface area contributed by atoms with Crippen LogP contribution >= 0.6 is 11.6 Å². The molecule has 3 rings (SSSR count). The minimum absolute atomic E-state index is 0.113. The molecule has 36 heavy (non-hydrogen) atoms. The van der Waals surface area contributed by atoms with Crippen molar-refractivity contribution in [2.75, 3.05) is 13.2 Å². The zero-order chi connectivity index (χ0) is 26.2. The molecule has 0 spiro atoms. The van der Waals surface area contributed by atoms with Crippen molar-refractivity contribution < 1.29 is 24.0 Å². The molecule has 0 radical (unpaired) electrons. The quantitative estimate of drug-likeness (QED) is 0.295. The first-order valence-electron chi connectivity index (χ1n) is 11.7. The maximum Gasteiger partial charge on any atom is 0.336 e. The van der Waals surface area contributed by atoms with E-state index >= 15 is 0 Å². The van der Waals surface area contributed by atoms with E-state index in [1.54, 1.807) is 13.0 Å². The predicted octanol–water partition coefficient (Wildman–Crippen LogP) is 3.80. The molecule has 0 fully saturated rings. The minimum Gasteiger partial charge on any atom is -0.464 e. The summed E-state index contributed by atoms with van der Waals surface area (Å²) in [7, 11) is 0. The van der Waals surface area contributed by atoms with Crippen LogP contribution in [0, 0.1) is 0 Å². The summed E-state index contributed by atoms with van der Waals surface area (Å²) < 4.78 is 11.5. The number of esters is 1. The van der Waals surface area contributed by atoms with Gasteiger partial charge in [-0.15, -0.1) is 0 Å². The molecule has 9 nitrogen and oxygen atoms in total. The summed E-state index contributed by atoms with van der Waals surface area (Å²) in [5, 5.41) is 12.3. The standard InChI is InChI=1S/C26H30ClN3O6/c1-4-17(3)30-24(32)14-23(36-30)25(33)28-29(16-22(31)26(34)35-5-2)15-18-9-11-19(12-10-18)20-7-6-8-21(27)13-20/h6-14,17,22,31H,4-5,15-16H2,1-3H3,(H,28,33). The van der Waals surface area contributed by atoms with Crippen LogP contribution in [0.3, 0.4) is 0 Å². The van der Waals surface area contributed by atoms with Gasteiger partial charge in [0.25, 0.3) is 5.56 Å². The molecule has 10 heteroatoms. The molecule has 1 heterocycles. The van der Waals surface area contributed by atoms with E-state index in [-0.39, 0.29) is 31.5 Å². The lowest BCUT2D eigenvalue weighted by molar-refractivity contribution is -0.154. The lowest BCUT2D eigenvalue weighted by atomic mass is 10.0. The van der Waals surface area contributed by atoms with Gasteiger partial charge in [0.2, 0.25) is 5.76 Å². The fourth-order valence-corrected chi connectivity index (χ4v) is 3.68. The van der Waals surface area contributed by atoms with E-state index in [0.717, 1.165) is 27.5 Å². The molecular weight excluding hydrogens is 486 g/mol. The number of hydrogen-bond donors (Lipinski definition) is 2. The molecule has 1 aromatic heterocycles. The average molecular weight is 516 g/mol. The Kier molecular flexibility index (Phi) is 9.46. The fraction of sp³-hybridized carbons (Fsp3) is 0.346. The van der Waals surface area contributed by atoms with Crippen LogP contribution in [0.15, 0.2) is 63.9 Å². The smallest absolute Gasteiger partial charge is 0.336 e. The molecule has 2 aromatic carbocycles. The Morgan fingerprint density at radius 3 is 2.50 bits per heavy atom. The number of carbonyl (C=O) groups is 2. The van der Waals surface area contributed by atoms with Gasteiger partial charge in [-0.25, -0.2) is 9.80 Å². The molecule has 2 N–H and O–H groups in total. The molecule has 0 aliphatic heterocycles. The number of benzene rings is 2. The SMILES string of the molecule is CCOC(=O)C(O)CN(Cc1ccc(-c2cccc(Cl)c2)cc1)NC(=O)c1cc(=O)n(C(C)CC)o1. The fourth-order valence-electron chi connectivity index (χ4n) is 3.49. The largest absolute Gasteiger partial charge is 0.464 e. The van der Waals surface area contributed by atoms with Crippen LogP contribution in [0.2, 0.25) is 5.02 Å². The third kappa shape index (κ3) is 7.07. The maximum atomic E-state index is 12.9. The van der Waals surface area contributed by atoms with E-state index in [4.69, 9.17) is 20.9 Å². The zero-order valence-electron chi connectivity index (χ0n) is 20.4. The number of aromatic nitrogens is 1. The van der Waals surface area contributed by atoms with Gasteiger partial charge < -0.3 is 14.4 Å². The monoisotopic (exact) mass is 515 g/mol. The molecule has 0 aliphatic carbocycles. The number of nitrogens with zero attached hydrogens (tertiary/aromatic N) is 2. The summed E-state index contributed by atoms with van der Waals surface area (Å²) in [5.74, 6) is -1.66. The van der Waals surface area contributed by atoms with Crippen molar-refractivity contribution in [1.29, 1.82) is 0 Å². The second-order valence-corrected chi connectivity index (χ2v) is 8.75. The van der Waals surface area contributed by atoms with Crippen molar-refractivity contribution >= 4 is 23.5 Å². The van der Waals surface area contributed by atoms with Gasteiger partial charge in [0.15, 0.2) is 6.10 Å². The van der Waals surface area contributed by atoms with Gasteiger partial charge in [-0.2, -0.15) is 4.74 Å². The van der Waals surface area contributed by atoms with Gasteiger partial charge in [-0.05, 0) is 49.1 Å². The number of rotatable bonds is 11. The van der Waals surface area contributed by atoms with Crippen LogP contribution in [-0.2, 0) is 16.1 Å². The first kappa shape index (κ1) is 27.2. The lowest BCUT2D eigenvalue weighted by Gasteiger charge is -2.24. The summed E-state index contributed by atoms with van der Waals surface area (Å²) in [6.07, 6.45) is -0.843. The number of aliphatic hydroxyl groups excluding tert-OH is 1. The van der Waals surface area contributed by atoms with E-state index in [1.165, 1.54) is 5.01 Å². The molecule has 3 aromatic rings. The predicted molar refractivity (Wildman–Crippen MR) is 135 cm³/mol. The van der Waals surface area contributed by atoms with E-state index in [2.05, 4.69) is 5.43 Å². The highest BCUT2D eigenvalue weighted by Crippen LogP contribution is 2.23. The molecule has 1 amide bonds. The molecular formula is C26H30ClN3O6. The number of hydrazine groups is 1. The van der Waals surface area contributed by atoms with Crippen LogP contribution in [0.25, 0.3) is 11.1 Å². The first-order valence-corrected chi connectivity index (χ1v) is 12.1. The lowest BCUT2D eigenvalue weighted by Crippen LogP contribution is -2.47. The topological polar surface area (TPSA) is 114 Å². The molecule has 0 bridgehead atoms. The van der Waals surface area contributed by atoms with Crippen LogP contribution in [0.5, 0.6) is 0 Å². The Hall–Kier alpha value is -3.40. The third-order valence-electron chi connectivity index (χ3n) is 5.58. The highest BCUT2D eigenvalue weighted by Gasteiger charge is 2.24. The second-order valence-electron chi connectivity index (χ2n) is 8.32. The maximum absolute atomic E-state index is 12.9. The number of halogens is 1. The van der Waals surface area contributed by atoms with Gasteiger partial charge in [-0.3, -0.25) is 15.0 Å². The summed E-state index contributed by atoms with van der Waals surface area (Å²) in [5.41, 5.74) is 4.91. The van der Waals surface area contributed by atoms with E-state index < -0.39 is 23.5 Å². The Bertz CT molecular complexity index is 1240. The Morgan fingerprint density at radius 2 is 1.86 bits per heavy atom. The van der Waals surface area contributed by atoms with Gasteiger partial charge >= 0.3 is 11.9 Å². The number of ether oxygens (including phenoxy) is 1. The Labute approximate surface area is 214 Å². The number of aliphatic hydroxyl groups is 1. The molecule has 0 saturated heterocycles. The minimum atomic E-state index is -1.49. The van der Waals surface area contributed by atoms with Crippen LogP contribution in [0.1, 0.15) is 49.4 Å². The Morgan fingerprint density at radius 1 is 1.14 bits per heavy atom. The van der Waals surface area contributed by atoms with Crippen LogP contribution in [0.4, 0.5) is 0 Å². The first-order chi connectivity index (χ1) is 17.2. The van der Waals surface area contributed by atoms with E-state index in [1.807, 2.05) is 56.3 Å². The molecule has 0 aliphatic rings.